The second-order valence-electron chi connectivity index (χ2n) is 5.98. The number of aryl methyl sites for hydroxylation is 1. The van der Waals surface area contributed by atoms with Gasteiger partial charge < -0.3 is 0 Å². The van der Waals surface area contributed by atoms with Crippen LogP contribution < -0.4 is 5.43 Å². The molecule has 1 aromatic heterocycles. The summed E-state index contributed by atoms with van der Waals surface area (Å²) in [5.74, 6) is 0.302. The molecule has 26 heavy (non-hydrogen) atoms. The van der Waals surface area contributed by atoms with E-state index in [4.69, 9.17) is 4.99 Å². The number of pyridine rings is 1. The summed E-state index contributed by atoms with van der Waals surface area (Å²) in [6, 6.07) is 16.2. The number of aliphatic imine (C=N–C) groups is 1. The van der Waals surface area contributed by atoms with Crippen molar-refractivity contribution in [2.24, 2.45) is 10.1 Å². The van der Waals surface area contributed by atoms with Gasteiger partial charge in [0.1, 0.15) is 11.5 Å². The normalized spacial score (nSPS) is 13.2. The Bertz CT molecular complexity index is 992. The van der Waals surface area contributed by atoms with Crippen LogP contribution in [-0.4, -0.2) is 16.5 Å². The Labute approximate surface area is 151 Å². The van der Waals surface area contributed by atoms with Gasteiger partial charge in [0.2, 0.25) is 0 Å². The fourth-order valence-electron chi connectivity index (χ4n) is 2.87. The summed E-state index contributed by atoms with van der Waals surface area (Å²) in [4.78, 5) is 8.83. The second kappa shape index (κ2) is 6.88. The van der Waals surface area contributed by atoms with Crippen molar-refractivity contribution in [2.75, 3.05) is 0 Å². The summed E-state index contributed by atoms with van der Waals surface area (Å²) < 4.78 is 13.2. The monoisotopic (exact) mass is 344 g/mol. The first kappa shape index (κ1) is 16.1. The number of nitrogens with zero attached hydrogens (tertiary/aromatic N) is 3. The first-order chi connectivity index (χ1) is 12.7. The first-order valence-electron chi connectivity index (χ1n) is 8.46. The number of hydrogen-bond donors (Lipinski definition) is 1. The van der Waals surface area contributed by atoms with Gasteiger partial charge in [-0.25, -0.2) is 9.38 Å². The summed E-state index contributed by atoms with van der Waals surface area (Å²) in [6.07, 6.45) is 4.42. The van der Waals surface area contributed by atoms with Crippen LogP contribution in [0.4, 0.5) is 10.1 Å². The number of benzene rings is 2. The third-order valence-corrected chi connectivity index (χ3v) is 4.30. The molecule has 4 rings (SSSR count). The van der Waals surface area contributed by atoms with Crippen LogP contribution >= 0.6 is 0 Å². The van der Waals surface area contributed by atoms with Crippen LogP contribution in [0.25, 0.3) is 0 Å². The summed E-state index contributed by atoms with van der Waals surface area (Å²) >= 11 is 0. The van der Waals surface area contributed by atoms with Gasteiger partial charge in [-0.05, 0) is 60.5 Å². The van der Waals surface area contributed by atoms with E-state index in [1.54, 1.807) is 24.5 Å². The van der Waals surface area contributed by atoms with Gasteiger partial charge in [0.15, 0.2) is 5.84 Å². The Morgan fingerprint density at radius 2 is 1.69 bits per heavy atom. The lowest BCUT2D eigenvalue weighted by Crippen LogP contribution is -2.19. The molecule has 0 radical (unpaired) electrons. The molecule has 0 saturated heterocycles. The Morgan fingerprint density at radius 1 is 0.923 bits per heavy atom. The minimum atomic E-state index is -0.281. The molecule has 2 aromatic carbocycles. The third kappa shape index (κ3) is 3.11. The van der Waals surface area contributed by atoms with Crippen molar-refractivity contribution in [1.82, 2.24) is 10.4 Å². The van der Waals surface area contributed by atoms with E-state index in [0.29, 0.717) is 5.84 Å². The van der Waals surface area contributed by atoms with E-state index < -0.39 is 0 Å². The quantitative estimate of drug-likeness (QED) is 0.773. The van der Waals surface area contributed by atoms with Crippen LogP contribution in [-0.2, 0) is 6.42 Å². The lowest BCUT2D eigenvalue weighted by molar-refractivity contribution is 0.627. The van der Waals surface area contributed by atoms with E-state index in [1.165, 1.54) is 17.7 Å². The molecule has 4 nitrogen and oxygen atoms in total. The van der Waals surface area contributed by atoms with Crippen LogP contribution in [0, 0.1) is 5.82 Å². The maximum Gasteiger partial charge on any atom is 0.154 e. The van der Waals surface area contributed by atoms with Crippen molar-refractivity contribution in [3.05, 3.63) is 95.1 Å². The van der Waals surface area contributed by atoms with Crippen molar-refractivity contribution in [3.8, 4) is 0 Å². The van der Waals surface area contributed by atoms with Crippen LogP contribution in [0.15, 0.2) is 77.1 Å². The zero-order valence-corrected chi connectivity index (χ0v) is 14.3. The summed E-state index contributed by atoms with van der Waals surface area (Å²) in [5.41, 5.74) is 8.57. The summed E-state index contributed by atoms with van der Waals surface area (Å²) in [6.45, 7) is 2.12. The van der Waals surface area contributed by atoms with Crippen LogP contribution in [0.1, 0.15) is 29.2 Å². The highest BCUT2D eigenvalue weighted by Gasteiger charge is 2.17. The van der Waals surface area contributed by atoms with E-state index in [1.807, 2.05) is 18.2 Å². The number of rotatable bonds is 3. The zero-order chi connectivity index (χ0) is 17.9. The van der Waals surface area contributed by atoms with E-state index in [9.17, 15) is 4.39 Å². The smallest absolute Gasteiger partial charge is 0.154 e. The van der Waals surface area contributed by atoms with E-state index in [-0.39, 0.29) is 5.82 Å². The molecule has 0 fully saturated rings. The molecular formula is C21H17FN4. The lowest BCUT2D eigenvalue weighted by atomic mass is 9.98. The first-order valence-corrected chi connectivity index (χ1v) is 8.46. The molecule has 0 amide bonds. The number of nitrogens with one attached hydrogen (secondary N) is 1. The Balaban J connectivity index is 1.87. The Hall–Kier alpha value is -3.34. The number of hydrazone groups is 1. The maximum absolute atomic E-state index is 13.2. The maximum atomic E-state index is 13.2. The highest BCUT2D eigenvalue weighted by molar-refractivity contribution is 6.18. The fourth-order valence-corrected chi connectivity index (χ4v) is 2.87. The molecule has 0 spiro atoms. The van der Waals surface area contributed by atoms with Crippen LogP contribution in [0.5, 0.6) is 0 Å². The lowest BCUT2D eigenvalue weighted by Gasteiger charge is -2.09. The number of halogens is 1. The summed E-state index contributed by atoms with van der Waals surface area (Å²) in [5, 5.41) is 4.60. The second-order valence-corrected chi connectivity index (χ2v) is 5.98. The van der Waals surface area contributed by atoms with Crippen molar-refractivity contribution in [3.63, 3.8) is 0 Å². The molecule has 1 aliphatic rings. The molecular weight excluding hydrogens is 327 g/mol. The zero-order valence-electron chi connectivity index (χ0n) is 14.3. The molecule has 0 saturated carbocycles. The van der Waals surface area contributed by atoms with Gasteiger partial charge >= 0.3 is 0 Å². The van der Waals surface area contributed by atoms with Gasteiger partial charge in [0.05, 0.1) is 5.69 Å². The van der Waals surface area contributed by atoms with Gasteiger partial charge in [-0.1, -0.05) is 13.0 Å². The fraction of sp³-hybridized carbons (Fsp3) is 0.0952. The molecule has 0 aliphatic carbocycles. The van der Waals surface area contributed by atoms with Gasteiger partial charge in [-0.15, -0.1) is 0 Å². The van der Waals surface area contributed by atoms with Gasteiger partial charge in [-0.2, -0.15) is 5.10 Å². The molecule has 5 heteroatoms. The SMILES string of the molecule is CCc1ccc2c(c1)C(c1ccncc1)=NNC(c1ccc(F)cc1)=N2. The largest absolute Gasteiger partial charge is 0.265 e. The van der Waals surface area contributed by atoms with Crippen molar-refractivity contribution in [1.29, 1.82) is 0 Å². The molecule has 1 N–H and O–H groups in total. The molecule has 2 heterocycles. The number of fused-ring (bicyclic) bond motifs is 1. The number of aromatic nitrogens is 1. The van der Waals surface area contributed by atoms with E-state index >= 15 is 0 Å². The third-order valence-electron chi connectivity index (χ3n) is 4.30. The predicted molar refractivity (Wildman–Crippen MR) is 101 cm³/mol. The number of hydrogen-bond acceptors (Lipinski definition) is 4. The van der Waals surface area contributed by atoms with Crippen molar-refractivity contribution in [2.45, 2.75) is 13.3 Å². The van der Waals surface area contributed by atoms with Crippen molar-refractivity contribution < 1.29 is 4.39 Å². The van der Waals surface area contributed by atoms with E-state index in [2.05, 4.69) is 34.6 Å². The minimum Gasteiger partial charge on any atom is -0.265 e. The van der Waals surface area contributed by atoms with Crippen LogP contribution in [0.3, 0.4) is 0 Å². The topological polar surface area (TPSA) is 49.6 Å². The number of amidine groups is 1. The van der Waals surface area contributed by atoms with Gasteiger partial charge in [0.25, 0.3) is 0 Å². The minimum absolute atomic E-state index is 0.281. The Kier molecular flexibility index (Phi) is 4.27. The van der Waals surface area contributed by atoms with Gasteiger partial charge in [0, 0.05) is 29.1 Å². The highest BCUT2D eigenvalue weighted by atomic mass is 19.1. The predicted octanol–water partition coefficient (Wildman–Crippen LogP) is 4.22. The van der Waals surface area contributed by atoms with Gasteiger partial charge in [-0.3, -0.25) is 10.4 Å². The van der Waals surface area contributed by atoms with Crippen molar-refractivity contribution >= 4 is 17.2 Å². The summed E-state index contributed by atoms with van der Waals surface area (Å²) in [7, 11) is 0. The average Bonchev–Trinajstić information content (AvgIpc) is 2.88. The Morgan fingerprint density at radius 3 is 2.42 bits per heavy atom. The molecule has 0 bridgehead atoms. The average molecular weight is 344 g/mol. The van der Waals surface area contributed by atoms with E-state index in [0.717, 1.165) is 34.5 Å². The molecule has 0 unspecified atom stereocenters. The molecule has 3 aromatic rings. The standard InChI is InChI=1S/C21H17FN4/c1-2-14-3-8-19-18(13-14)20(15-9-11-23-12-10-15)25-26-21(24-19)16-4-6-17(22)7-5-16/h3-13H,2H2,1H3,(H,24,26). The molecule has 128 valence electrons. The van der Waals surface area contributed by atoms with Crippen LogP contribution in [0.2, 0.25) is 0 Å². The molecule has 0 atom stereocenters. The molecule has 1 aliphatic heterocycles. The highest BCUT2D eigenvalue weighted by Crippen LogP contribution is 2.27.